The summed E-state index contributed by atoms with van der Waals surface area (Å²) in [5.41, 5.74) is -0.867. The maximum Gasteiger partial charge on any atom is 0.246 e. The molecule has 1 aromatic heterocycles. The van der Waals surface area contributed by atoms with E-state index in [2.05, 4.69) is 16.5 Å². The highest BCUT2D eigenvalue weighted by Gasteiger charge is 2.39. The Labute approximate surface area is 107 Å². The van der Waals surface area contributed by atoms with E-state index in [1.165, 1.54) is 0 Å². The average Bonchev–Trinajstić information content (AvgIpc) is 2.65. The lowest BCUT2D eigenvalue weighted by Crippen LogP contribution is -2.34. The molecule has 5 heteroatoms. The van der Waals surface area contributed by atoms with Crippen molar-refractivity contribution >= 4 is 11.7 Å². The third kappa shape index (κ3) is 2.53. The van der Waals surface area contributed by atoms with Crippen LogP contribution in [0.1, 0.15) is 38.5 Å². The van der Waals surface area contributed by atoms with Crippen molar-refractivity contribution in [2.45, 2.75) is 38.5 Å². The zero-order valence-corrected chi connectivity index (χ0v) is 10.6. The smallest absolute Gasteiger partial charge is 0.246 e. The highest BCUT2D eigenvalue weighted by atomic mass is 16.2. The van der Waals surface area contributed by atoms with E-state index in [-0.39, 0.29) is 5.91 Å². The predicted octanol–water partition coefficient (Wildman–Crippen LogP) is 2.22. The van der Waals surface area contributed by atoms with Crippen LogP contribution in [0.5, 0.6) is 0 Å². The molecule has 5 nitrogen and oxygen atoms in total. The summed E-state index contributed by atoms with van der Waals surface area (Å²) < 4.78 is 1.63. The number of hydrogen-bond acceptors (Lipinski definition) is 3. The minimum atomic E-state index is -0.867. The van der Waals surface area contributed by atoms with Gasteiger partial charge in [0.1, 0.15) is 5.41 Å². The van der Waals surface area contributed by atoms with Gasteiger partial charge in [-0.2, -0.15) is 10.4 Å². The van der Waals surface area contributed by atoms with Crippen molar-refractivity contribution in [3.8, 4) is 6.07 Å². The van der Waals surface area contributed by atoms with E-state index in [1.54, 1.807) is 24.0 Å². The van der Waals surface area contributed by atoms with E-state index < -0.39 is 5.41 Å². The van der Waals surface area contributed by atoms with E-state index in [1.807, 2.05) is 0 Å². The Morgan fingerprint density at radius 1 is 1.44 bits per heavy atom. The number of hydrogen-bond donors (Lipinski definition) is 1. The lowest BCUT2D eigenvalue weighted by atomic mass is 9.81. The molecule has 0 radical (unpaired) electrons. The van der Waals surface area contributed by atoms with E-state index in [0.29, 0.717) is 18.7 Å². The third-order valence-electron chi connectivity index (χ3n) is 3.56. The largest absolute Gasteiger partial charge is 0.308 e. The normalized spacial score (nSPS) is 18.7. The van der Waals surface area contributed by atoms with Gasteiger partial charge in [0, 0.05) is 19.3 Å². The Hall–Kier alpha value is -1.83. The highest BCUT2D eigenvalue weighted by molar-refractivity contribution is 5.96. The van der Waals surface area contributed by atoms with Crippen LogP contribution in [0, 0.1) is 16.7 Å². The molecular formula is C13H18N4O. The van der Waals surface area contributed by atoms with Crippen molar-refractivity contribution in [1.82, 2.24) is 9.78 Å². The molecule has 1 heterocycles. The van der Waals surface area contributed by atoms with E-state index in [4.69, 9.17) is 0 Å². The van der Waals surface area contributed by atoms with Gasteiger partial charge in [-0.3, -0.25) is 9.48 Å². The molecule has 0 saturated heterocycles. The van der Waals surface area contributed by atoms with Crippen LogP contribution < -0.4 is 5.32 Å². The summed E-state index contributed by atoms with van der Waals surface area (Å²) in [4.78, 5) is 12.3. The molecule has 0 aromatic carbocycles. The second kappa shape index (κ2) is 5.21. The van der Waals surface area contributed by atoms with Crippen molar-refractivity contribution in [3.63, 3.8) is 0 Å². The van der Waals surface area contributed by atoms with Gasteiger partial charge in [-0.25, -0.2) is 0 Å². The quantitative estimate of drug-likeness (QED) is 0.813. The SMILES string of the molecule is Cn1ccc(NC(=O)C2(C#N)CCCCCC2)n1. The molecule has 0 unspecified atom stereocenters. The zero-order chi connectivity index (χ0) is 13.0. The Morgan fingerprint density at radius 2 is 2.11 bits per heavy atom. The number of amides is 1. The first-order chi connectivity index (χ1) is 8.66. The number of nitrogens with zero attached hydrogens (tertiary/aromatic N) is 3. The van der Waals surface area contributed by atoms with E-state index in [0.717, 1.165) is 25.7 Å². The Morgan fingerprint density at radius 3 is 2.61 bits per heavy atom. The summed E-state index contributed by atoms with van der Waals surface area (Å²) in [6.07, 6.45) is 7.19. The number of carbonyl (C=O) groups is 1. The molecule has 18 heavy (non-hydrogen) atoms. The van der Waals surface area contributed by atoms with Gasteiger partial charge >= 0.3 is 0 Å². The standard InChI is InChI=1S/C13H18N4O/c1-17-9-6-11(16-17)15-12(18)13(10-14)7-4-2-3-5-8-13/h6,9H,2-5,7-8H2,1H3,(H,15,16,18). The third-order valence-corrected chi connectivity index (χ3v) is 3.56. The van der Waals surface area contributed by atoms with Gasteiger partial charge < -0.3 is 5.32 Å². The molecule has 1 fully saturated rings. The molecule has 1 N–H and O–H groups in total. The molecule has 1 amide bonds. The van der Waals surface area contributed by atoms with Crippen LogP contribution in [-0.2, 0) is 11.8 Å². The second-order valence-electron chi connectivity index (χ2n) is 4.94. The molecule has 1 saturated carbocycles. The first-order valence-corrected chi connectivity index (χ1v) is 6.39. The molecule has 0 atom stereocenters. The molecule has 96 valence electrons. The van der Waals surface area contributed by atoms with Crippen LogP contribution >= 0.6 is 0 Å². The van der Waals surface area contributed by atoms with Crippen molar-refractivity contribution in [3.05, 3.63) is 12.3 Å². The second-order valence-corrected chi connectivity index (χ2v) is 4.94. The Bertz CT molecular complexity index is 464. The van der Waals surface area contributed by atoms with Gasteiger partial charge in [-0.1, -0.05) is 25.7 Å². The number of nitrogens with one attached hydrogen (secondary N) is 1. The first kappa shape index (κ1) is 12.6. The molecule has 1 aliphatic carbocycles. The van der Waals surface area contributed by atoms with Crippen LogP contribution in [0.3, 0.4) is 0 Å². The van der Waals surface area contributed by atoms with Crippen LogP contribution in [0.4, 0.5) is 5.82 Å². The lowest BCUT2D eigenvalue weighted by Gasteiger charge is -2.22. The molecule has 1 aliphatic rings. The molecule has 1 aromatic rings. The number of nitriles is 1. The number of anilines is 1. The minimum Gasteiger partial charge on any atom is -0.308 e. The van der Waals surface area contributed by atoms with Gasteiger partial charge in [0.2, 0.25) is 5.91 Å². The number of aryl methyl sites for hydroxylation is 1. The van der Waals surface area contributed by atoms with Gasteiger partial charge in [0.05, 0.1) is 6.07 Å². The topological polar surface area (TPSA) is 70.7 Å². The van der Waals surface area contributed by atoms with Gasteiger partial charge in [0.15, 0.2) is 5.82 Å². The Balaban J connectivity index is 2.12. The van der Waals surface area contributed by atoms with Crippen molar-refractivity contribution in [1.29, 1.82) is 5.26 Å². The fraction of sp³-hybridized carbons (Fsp3) is 0.615. The predicted molar refractivity (Wildman–Crippen MR) is 67.6 cm³/mol. The van der Waals surface area contributed by atoms with E-state index in [9.17, 15) is 10.1 Å². The summed E-state index contributed by atoms with van der Waals surface area (Å²) in [5, 5.41) is 16.3. The lowest BCUT2D eigenvalue weighted by molar-refractivity contribution is -0.123. The monoisotopic (exact) mass is 246 g/mol. The highest BCUT2D eigenvalue weighted by Crippen LogP contribution is 2.35. The Kier molecular flexibility index (Phi) is 3.66. The number of aromatic nitrogens is 2. The summed E-state index contributed by atoms with van der Waals surface area (Å²) in [5.74, 6) is 0.312. The van der Waals surface area contributed by atoms with Crippen LogP contribution in [-0.4, -0.2) is 15.7 Å². The van der Waals surface area contributed by atoms with Gasteiger partial charge in [-0.05, 0) is 12.8 Å². The maximum absolute atomic E-state index is 12.3. The maximum atomic E-state index is 12.3. The van der Waals surface area contributed by atoms with Crippen molar-refractivity contribution < 1.29 is 4.79 Å². The molecule has 0 aliphatic heterocycles. The van der Waals surface area contributed by atoms with Gasteiger partial charge in [0.25, 0.3) is 0 Å². The fourth-order valence-electron chi connectivity index (χ4n) is 2.44. The zero-order valence-electron chi connectivity index (χ0n) is 10.6. The number of rotatable bonds is 2. The first-order valence-electron chi connectivity index (χ1n) is 6.39. The summed E-state index contributed by atoms with van der Waals surface area (Å²) in [6, 6.07) is 3.97. The molecule has 0 spiro atoms. The summed E-state index contributed by atoms with van der Waals surface area (Å²) in [6.45, 7) is 0. The van der Waals surface area contributed by atoms with Crippen LogP contribution in [0.15, 0.2) is 12.3 Å². The fourth-order valence-corrected chi connectivity index (χ4v) is 2.44. The minimum absolute atomic E-state index is 0.203. The van der Waals surface area contributed by atoms with E-state index >= 15 is 0 Å². The van der Waals surface area contributed by atoms with Crippen molar-refractivity contribution in [2.24, 2.45) is 12.5 Å². The van der Waals surface area contributed by atoms with Crippen LogP contribution in [0.2, 0.25) is 0 Å². The molecule has 2 rings (SSSR count). The van der Waals surface area contributed by atoms with Crippen LogP contribution in [0.25, 0.3) is 0 Å². The molecule has 0 bridgehead atoms. The van der Waals surface area contributed by atoms with Gasteiger partial charge in [-0.15, -0.1) is 0 Å². The average molecular weight is 246 g/mol. The summed E-state index contributed by atoms with van der Waals surface area (Å²) >= 11 is 0. The summed E-state index contributed by atoms with van der Waals surface area (Å²) in [7, 11) is 1.79. The number of carbonyl (C=O) groups excluding carboxylic acids is 1. The van der Waals surface area contributed by atoms with Crippen molar-refractivity contribution in [2.75, 3.05) is 5.32 Å². The molecular weight excluding hydrogens is 228 g/mol.